The highest BCUT2D eigenvalue weighted by atomic mass is 16.5. The highest BCUT2D eigenvalue weighted by Gasteiger charge is 2.16. The Hall–Kier alpha value is -3.41. The summed E-state index contributed by atoms with van der Waals surface area (Å²) in [7, 11) is 0. The van der Waals surface area contributed by atoms with Crippen LogP contribution in [0.15, 0.2) is 59.4 Å². The number of hydrogen-bond donors (Lipinski definition) is 1. The fraction of sp³-hybridized carbons (Fsp3) is 0.190. The van der Waals surface area contributed by atoms with Gasteiger partial charge in [0.15, 0.2) is 0 Å². The van der Waals surface area contributed by atoms with Gasteiger partial charge in [-0.15, -0.1) is 0 Å². The smallest absolute Gasteiger partial charge is 0.257 e. The molecule has 1 N–H and O–H groups in total. The summed E-state index contributed by atoms with van der Waals surface area (Å²) >= 11 is 0. The Morgan fingerprint density at radius 3 is 2.56 bits per heavy atom. The summed E-state index contributed by atoms with van der Waals surface area (Å²) < 4.78 is 7.17. The number of amides is 1. The maximum absolute atomic E-state index is 12.3. The van der Waals surface area contributed by atoms with Gasteiger partial charge in [0.2, 0.25) is 0 Å². The van der Waals surface area contributed by atoms with E-state index in [9.17, 15) is 4.79 Å². The van der Waals surface area contributed by atoms with E-state index in [0.29, 0.717) is 23.6 Å². The van der Waals surface area contributed by atoms with Gasteiger partial charge in [0.25, 0.3) is 5.91 Å². The molecule has 4 rings (SSSR count). The SMILES string of the molecule is Cc1noc(C)c1C(=O)NCc1ccc(Cn2cnc3ccccc32)cc1. The number of rotatable bonds is 5. The fourth-order valence-electron chi connectivity index (χ4n) is 3.17. The van der Waals surface area contributed by atoms with Crippen molar-refractivity contribution in [3.8, 4) is 0 Å². The average molecular weight is 360 g/mol. The number of nitrogens with one attached hydrogen (secondary N) is 1. The molecule has 0 aliphatic heterocycles. The molecule has 2 aromatic heterocycles. The van der Waals surface area contributed by atoms with Gasteiger partial charge in [-0.2, -0.15) is 0 Å². The first kappa shape index (κ1) is 17.0. The fourth-order valence-corrected chi connectivity index (χ4v) is 3.17. The van der Waals surface area contributed by atoms with Crippen LogP contribution in [0.25, 0.3) is 11.0 Å². The zero-order valence-electron chi connectivity index (χ0n) is 15.3. The number of benzene rings is 2. The molecule has 136 valence electrons. The maximum atomic E-state index is 12.3. The van der Waals surface area contributed by atoms with Crippen LogP contribution in [-0.2, 0) is 13.1 Å². The molecule has 0 aliphatic rings. The molecule has 0 saturated carbocycles. The Morgan fingerprint density at radius 1 is 1.07 bits per heavy atom. The van der Waals surface area contributed by atoms with E-state index in [1.165, 1.54) is 5.56 Å². The highest BCUT2D eigenvalue weighted by molar-refractivity contribution is 5.96. The van der Waals surface area contributed by atoms with E-state index in [1.54, 1.807) is 13.8 Å². The van der Waals surface area contributed by atoms with Crippen LogP contribution in [0, 0.1) is 13.8 Å². The molecule has 0 spiro atoms. The number of carbonyl (C=O) groups excluding carboxylic acids is 1. The maximum Gasteiger partial charge on any atom is 0.257 e. The Morgan fingerprint density at radius 2 is 1.81 bits per heavy atom. The number of carbonyl (C=O) groups is 1. The predicted octanol–water partition coefficient (Wildman–Crippen LogP) is 3.62. The van der Waals surface area contributed by atoms with Gasteiger partial charge in [-0.3, -0.25) is 4.79 Å². The molecule has 0 unspecified atom stereocenters. The predicted molar refractivity (Wildman–Crippen MR) is 102 cm³/mol. The van der Waals surface area contributed by atoms with Crippen LogP contribution < -0.4 is 5.32 Å². The molecular formula is C21H20N4O2. The lowest BCUT2D eigenvalue weighted by atomic mass is 10.1. The number of fused-ring (bicyclic) bond motifs is 1. The van der Waals surface area contributed by atoms with Crippen LogP contribution in [0.2, 0.25) is 0 Å². The Labute approximate surface area is 156 Å². The zero-order chi connectivity index (χ0) is 18.8. The molecule has 6 nitrogen and oxygen atoms in total. The standard InChI is InChI=1S/C21H20N4O2/c1-14-20(15(2)27-24-14)21(26)22-11-16-7-9-17(10-8-16)12-25-13-23-18-5-3-4-6-19(18)25/h3-10,13H,11-12H2,1-2H3,(H,22,26). The molecule has 4 aromatic rings. The second kappa shape index (κ2) is 7.07. The van der Waals surface area contributed by atoms with Gasteiger partial charge in [0, 0.05) is 13.1 Å². The lowest BCUT2D eigenvalue weighted by Crippen LogP contribution is -2.23. The Kier molecular flexibility index (Phi) is 4.46. The van der Waals surface area contributed by atoms with Gasteiger partial charge >= 0.3 is 0 Å². The summed E-state index contributed by atoms with van der Waals surface area (Å²) in [6.07, 6.45) is 1.86. The number of aromatic nitrogens is 3. The summed E-state index contributed by atoms with van der Waals surface area (Å²) in [6, 6.07) is 16.3. The molecule has 6 heteroatoms. The van der Waals surface area contributed by atoms with Gasteiger partial charge in [-0.1, -0.05) is 41.6 Å². The van der Waals surface area contributed by atoms with E-state index >= 15 is 0 Å². The largest absolute Gasteiger partial charge is 0.361 e. The third kappa shape index (κ3) is 3.46. The topological polar surface area (TPSA) is 73.0 Å². The third-order valence-corrected chi connectivity index (χ3v) is 4.62. The molecule has 0 fully saturated rings. The second-order valence-corrected chi connectivity index (χ2v) is 6.56. The van der Waals surface area contributed by atoms with Crippen molar-refractivity contribution < 1.29 is 9.32 Å². The molecular weight excluding hydrogens is 340 g/mol. The number of aryl methyl sites for hydroxylation is 2. The Balaban J connectivity index is 1.41. The lowest BCUT2D eigenvalue weighted by molar-refractivity contribution is 0.0949. The van der Waals surface area contributed by atoms with Crippen molar-refractivity contribution in [1.29, 1.82) is 0 Å². The summed E-state index contributed by atoms with van der Waals surface area (Å²) in [5.74, 6) is 0.369. The van der Waals surface area contributed by atoms with E-state index < -0.39 is 0 Å². The van der Waals surface area contributed by atoms with Crippen LogP contribution in [-0.4, -0.2) is 20.6 Å². The van der Waals surface area contributed by atoms with Crippen molar-refractivity contribution in [1.82, 2.24) is 20.0 Å². The summed E-state index contributed by atoms with van der Waals surface area (Å²) in [4.78, 5) is 16.7. The first-order valence-corrected chi connectivity index (χ1v) is 8.80. The van der Waals surface area contributed by atoms with E-state index in [1.807, 2.05) is 36.7 Å². The zero-order valence-corrected chi connectivity index (χ0v) is 15.3. The Bertz CT molecular complexity index is 1070. The van der Waals surface area contributed by atoms with Gasteiger partial charge in [-0.05, 0) is 37.1 Å². The van der Waals surface area contributed by atoms with Crippen LogP contribution in [0.5, 0.6) is 0 Å². The minimum absolute atomic E-state index is 0.166. The number of nitrogens with zero attached hydrogens (tertiary/aromatic N) is 3. The molecule has 0 bridgehead atoms. The van der Waals surface area contributed by atoms with Crippen molar-refractivity contribution in [3.63, 3.8) is 0 Å². The minimum Gasteiger partial charge on any atom is -0.361 e. The van der Waals surface area contributed by atoms with Crippen LogP contribution in [0.3, 0.4) is 0 Å². The van der Waals surface area contributed by atoms with Gasteiger partial charge < -0.3 is 14.4 Å². The van der Waals surface area contributed by atoms with Crippen molar-refractivity contribution >= 4 is 16.9 Å². The van der Waals surface area contributed by atoms with E-state index in [-0.39, 0.29) is 5.91 Å². The third-order valence-electron chi connectivity index (χ3n) is 4.62. The monoisotopic (exact) mass is 360 g/mol. The summed E-state index contributed by atoms with van der Waals surface area (Å²) in [5, 5.41) is 6.74. The van der Waals surface area contributed by atoms with E-state index in [2.05, 4.69) is 38.2 Å². The van der Waals surface area contributed by atoms with Gasteiger partial charge in [-0.25, -0.2) is 4.98 Å². The van der Waals surface area contributed by atoms with E-state index in [4.69, 9.17) is 4.52 Å². The van der Waals surface area contributed by atoms with Crippen LogP contribution in [0.1, 0.15) is 32.9 Å². The molecule has 1 amide bonds. The highest BCUT2D eigenvalue weighted by Crippen LogP contribution is 2.15. The minimum atomic E-state index is -0.166. The number of hydrogen-bond acceptors (Lipinski definition) is 4. The first-order chi connectivity index (χ1) is 13.1. The molecule has 2 aromatic carbocycles. The lowest BCUT2D eigenvalue weighted by Gasteiger charge is -2.08. The van der Waals surface area contributed by atoms with Crippen molar-refractivity contribution in [2.24, 2.45) is 0 Å². The summed E-state index contributed by atoms with van der Waals surface area (Å²) in [6.45, 7) is 4.72. The first-order valence-electron chi connectivity index (χ1n) is 8.80. The normalized spacial score (nSPS) is 11.0. The average Bonchev–Trinajstić information content (AvgIpc) is 3.24. The van der Waals surface area contributed by atoms with Gasteiger partial charge in [0.05, 0.1) is 23.1 Å². The summed E-state index contributed by atoms with van der Waals surface area (Å²) in [5.41, 5.74) is 5.45. The molecule has 2 heterocycles. The molecule has 0 saturated heterocycles. The van der Waals surface area contributed by atoms with E-state index in [0.717, 1.165) is 23.1 Å². The van der Waals surface area contributed by atoms with Crippen LogP contribution >= 0.6 is 0 Å². The van der Waals surface area contributed by atoms with Gasteiger partial charge in [0.1, 0.15) is 11.3 Å². The second-order valence-electron chi connectivity index (χ2n) is 6.56. The number of imidazole rings is 1. The molecule has 27 heavy (non-hydrogen) atoms. The van der Waals surface area contributed by atoms with Crippen molar-refractivity contribution in [2.45, 2.75) is 26.9 Å². The molecule has 0 radical (unpaired) electrons. The molecule has 0 atom stereocenters. The number of para-hydroxylation sites is 2. The van der Waals surface area contributed by atoms with Crippen molar-refractivity contribution in [3.05, 3.63) is 83.0 Å². The quantitative estimate of drug-likeness (QED) is 0.590. The van der Waals surface area contributed by atoms with Crippen molar-refractivity contribution in [2.75, 3.05) is 0 Å². The van der Waals surface area contributed by atoms with Crippen LogP contribution in [0.4, 0.5) is 0 Å². The molecule has 0 aliphatic carbocycles.